The molecule has 1 aromatic carbocycles. The highest BCUT2D eigenvalue weighted by molar-refractivity contribution is 5.43. The normalized spacial score (nSPS) is 11.2. The van der Waals surface area contributed by atoms with Gasteiger partial charge in [0.05, 0.1) is 29.5 Å². The van der Waals surface area contributed by atoms with E-state index in [9.17, 15) is 0 Å². The van der Waals surface area contributed by atoms with E-state index in [0.717, 1.165) is 0 Å². The van der Waals surface area contributed by atoms with Crippen molar-refractivity contribution >= 4 is 0 Å². The summed E-state index contributed by atoms with van der Waals surface area (Å²) < 4.78 is 25.3. The molecule has 68 valence electrons. The van der Waals surface area contributed by atoms with Crippen molar-refractivity contribution in [3.63, 3.8) is 0 Å². The molecule has 3 heteroatoms. The first-order valence-electron chi connectivity index (χ1n) is 4.73. The highest BCUT2D eigenvalue weighted by Gasteiger charge is 2.03. The quantitative estimate of drug-likeness (QED) is 0.710. The number of hydrogen-bond donors (Lipinski definition) is 0. The van der Waals surface area contributed by atoms with Gasteiger partial charge in [0.2, 0.25) is 0 Å². The van der Waals surface area contributed by atoms with Crippen LogP contribution in [-0.2, 0) is 6.42 Å². The van der Waals surface area contributed by atoms with Crippen molar-refractivity contribution in [1.29, 1.82) is 5.26 Å². The molecule has 0 unspecified atom stereocenters. The molecule has 0 aliphatic carbocycles. The van der Waals surface area contributed by atoms with Crippen LogP contribution in [0.25, 0.3) is 0 Å². The van der Waals surface area contributed by atoms with E-state index in [1.54, 1.807) is 0 Å². The molecule has 0 aliphatic heterocycles. The second kappa shape index (κ2) is 4.36. The summed E-state index contributed by atoms with van der Waals surface area (Å²) in [6.45, 7) is 0. The van der Waals surface area contributed by atoms with Crippen LogP contribution in [0.5, 0.6) is 11.5 Å². The monoisotopic (exact) mass is 179 g/mol. The average molecular weight is 179 g/mol. The number of ether oxygens (including phenoxy) is 2. The lowest BCUT2D eigenvalue weighted by molar-refractivity contribution is 0.354. The van der Waals surface area contributed by atoms with Crippen LogP contribution in [0, 0.1) is 11.3 Å². The predicted molar refractivity (Wildman–Crippen MR) is 48.9 cm³/mol. The average Bonchev–Trinajstić information content (AvgIpc) is 2.22. The molecule has 13 heavy (non-hydrogen) atoms. The first-order valence-corrected chi connectivity index (χ1v) is 3.73. The lowest BCUT2D eigenvalue weighted by Crippen LogP contribution is -1.91. The highest BCUT2D eigenvalue weighted by Crippen LogP contribution is 2.27. The molecule has 0 spiro atoms. The van der Waals surface area contributed by atoms with Crippen LogP contribution in [0.1, 0.15) is 8.30 Å². The zero-order valence-electron chi connectivity index (χ0n) is 9.55. The van der Waals surface area contributed by atoms with Gasteiger partial charge in [-0.3, -0.25) is 0 Å². The Morgan fingerprint density at radius 2 is 2.15 bits per heavy atom. The van der Waals surface area contributed by atoms with Gasteiger partial charge in [-0.1, -0.05) is 6.07 Å². The first-order chi connectivity index (χ1) is 7.15. The van der Waals surface area contributed by atoms with Gasteiger partial charge in [0.1, 0.15) is 0 Å². The Balaban J connectivity index is 3.38. The molecule has 0 aliphatic rings. The van der Waals surface area contributed by atoms with Crippen LogP contribution in [0.3, 0.4) is 0 Å². The molecule has 0 amide bonds. The van der Waals surface area contributed by atoms with E-state index in [4.69, 9.17) is 17.5 Å². The number of nitriles is 1. The summed E-state index contributed by atoms with van der Waals surface area (Å²) in [6, 6.07) is 3.62. The summed E-state index contributed by atoms with van der Waals surface area (Å²) in [5.74, 6) is 0.430. The molecule has 0 aromatic heterocycles. The topological polar surface area (TPSA) is 42.2 Å². The van der Waals surface area contributed by atoms with E-state index in [2.05, 4.69) is 0 Å². The molecule has 0 heterocycles. The van der Waals surface area contributed by atoms with Crippen molar-refractivity contribution in [3.05, 3.63) is 23.7 Å². The number of benzene rings is 1. The number of methoxy groups -OCH3 is 2. The van der Waals surface area contributed by atoms with E-state index < -0.39 is 0 Å². The molecular weight excluding hydrogens is 166 g/mol. The van der Waals surface area contributed by atoms with Crippen LogP contribution >= 0.6 is 0 Å². The number of hydrogen-bond acceptors (Lipinski definition) is 3. The lowest BCUT2D eigenvalue weighted by Gasteiger charge is -2.07. The van der Waals surface area contributed by atoms with E-state index in [-0.39, 0.29) is 30.0 Å². The number of rotatable bonds is 3. The van der Waals surface area contributed by atoms with Gasteiger partial charge in [-0.2, -0.15) is 5.26 Å². The molecule has 3 nitrogen and oxygen atoms in total. The van der Waals surface area contributed by atoms with Gasteiger partial charge in [0.15, 0.2) is 11.5 Å². The smallest absolute Gasteiger partial charge is 0.161 e. The molecule has 0 N–H and O–H groups in total. The van der Waals surface area contributed by atoms with Crippen molar-refractivity contribution in [1.82, 2.24) is 0 Å². The van der Waals surface area contributed by atoms with E-state index in [1.807, 2.05) is 6.07 Å². The van der Waals surface area contributed by atoms with E-state index >= 15 is 0 Å². The Kier molecular flexibility index (Phi) is 2.28. The van der Waals surface area contributed by atoms with Gasteiger partial charge >= 0.3 is 0 Å². The summed E-state index contributed by atoms with van der Waals surface area (Å²) in [7, 11) is 2.82. The van der Waals surface area contributed by atoms with Crippen LogP contribution in [-0.4, -0.2) is 14.2 Å². The number of nitrogens with zero attached hydrogens (tertiary/aromatic N) is 1. The Morgan fingerprint density at radius 3 is 2.69 bits per heavy atom. The fraction of sp³-hybridized carbons (Fsp3) is 0.300. The largest absolute Gasteiger partial charge is 0.493 e. The maximum Gasteiger partial charge on any atom is 0.161 e. The maximum atomic E-state index is 8.56. The van der Waals surface area contributed by atoms with Crippen molar-refractivity contribution in [2.24, 2.45) is 0 Å². The summed E-state index contributed by atoms with van der Waals surface area (Å²) in [5.41, 5.74) is 0.472. The molecule has 0 atom stereocenters. The van der Waals surface area contributed by atoms with E-state index in [1.165, 1.54) is 20.3 Å². The van der Waals surface area contributed by atoms with Gasteiger partial charge < -0.3 is 9.47 Å². The molecule has 0 bridgehead atoms. The molecular formula is C10H11NO2. The van der Waals surface area contributed by atoms with Crippen molar-refractivity contribution in [2.45, 2.75) is 6.42 Å². The summed E-state index contributed by atoms with van der Waals surface area (Å²) >= 11 is 0. The molecule has 1 rings (SSSR count). The highest BCUT2D eigenvalue weighted by atomic mass is 16.5. The van der Waals surface area contributed by atoms with Crippen LogP contribution in [0.4, 0.5) is 0 Å². The summed E-state index contributed by atoms with van der Waals surface area (Å²) in [4.78, 5) is 0. The van der Waals surface area contributed by atoms with Gasteiger partial charge in [-0.25, -0.2) is 0 Å². The third-order valence-electron chi connectivity index (χ3n) is 1.54. The van der Waals surface area contributed by atoms with Crippen molar-refractivity contribution in [2.75, 3.05) is 14.2 Å². The standard InChI is InChI=1S/C10H11NO2/c1-12-9-4-3-8(5-6-11)7-10(9)13-2/h3-4,7H,5H2,1-2H3/i4D,7D. The fourth-order valence-corrected chi connectivity index (χ4v) is 0.933. The zero-order valence-corrected chi connectivity index (χ0v) is 7.55. The summed E-state index contributed by atoms with van der Waals surface area (Å²) in [5, 5.41) is 8.56. The van der Waals surface area contributed by atoms with Gasteiger partial charge in [0.25, 0.3) is 0 Å². The Hall–Kier alpha value is -1.69. The minimum Gasteiger partial charge on any atom is -0.493 e. The SMILES string of the molecule is [2H]c1cc(CC#N)c([2H])c(OC)c1OC. The van der Waals surface area contributed by atoms with Gasteiger partial charge in [-0.15, -0.1) is 0 Å². The second-order valence-electron chi connectivity index (χ2n) is 2.34. The molecule has 0 saturated carbocycles. The van der Waals surface area contributed by atoms with Crippen molar-refractivity contribution < 1.29 is 12.2 Å². The Bertz CT molecular complexity index is 413. The first kappa shape index (κ1) is 6.79. The van der Waals surface area contributed by atoms with Gasteiger partial charge in [-0.05, 0) is 17.6 Å². The second-order valence-corrected chi connectivity index (χ2v) is 2.34. The molecule has 0 radical (unpaired) electrons. The van der Waals surface area contributed by atoms with Gasteiger partial charge in [0, 0.05) is 0 Å². The molecule has 1 aromatic rings. The van der Waals surface area contributed by atoms with Crippen LogP contribution < -0.4 is 9.47 Å². The minimum absolute atomic E-state index is 0.0884. The van der Waals surface area contributed by atoms with E-state index in [0.29, 0.717) is 5.56 Å². The van der Waals surface area contributed by atoms with Crippen molar-refractivity contribution in [3.8, 4) is 17.6 Å². The maximum absolute atomic E-state index is 8.56. The third-order valence-corrected chi connectivity index (χ3v) is 1.54. The Labute approximate surface area is 80.3 Å². The fourth-order valence-electron chi connectivity index (χ4n) is 0.933. The summed E-state index contributed by atoms with van der Waals surface area (Å²) in [6.07, 6.45) is 0.0884. The lowest BCUT2D eigenvalue weighted by atomic mass is 10.1. The third kappa shape index (κ3) is 2.12. The van der Waals surface area contributed by atoms with Crippen LogP contribution in [0.15, 0.2) is 18.2 Å². The predicted octanol–water partition coefficient (Wildman–Crippen LogP) is 1.77. The Morgan fingerprint density at radius 1 is 1.46 bits per heavy atom. The minimum atomic E-state index is 0.0884. The van der Waals surface area contributed by atoms with Crippen LogP contribution in [0.2, 0.25) is 0 Å². The molecule has 0 saturated heterocycles. The zero-order chi connectivity index (χ0) is 11.4. The molecule has 0 fully saturated rings.